The summed E-state index contributed by atoms with van der Waals surface area (Å²) >= 11 is 0. The average Bonchev–Trinajstić information content (AvgIpc) is 2.83. The van der Waals surface area contributed by atoms with E-state index in [1.54, 1.807) is 0 Å². The summed E-state index contributed by atoms with van der Waals surface area (Å²) in [6.45, 7) is 1.90. The molecule has 0 aliphatic heterocycles. The van der Waals surface area contributed by atoms with Gasteiger partial charge in [0.2, 0.25) is 0 Å². The first kappa shape index (κ1) is 12.5. The lowest BCUT2D eigenvalue weighted by Gasteiger charge is -2.05. The van der Waals surface area contributed by atoms with Crippen LogP contribution in [0.5, 0.6) is 0 Å². The fraction of sp³-hybridized carbons (Fsp3) is 0.286. The van der Waals surface area contributed by atoms with Crippen molar-refractivity contribution in [1.82, 2.24) is 19.6 Å². The van der Waals surface area contributed by atoms with Gasteiger partial charge in [-0.2, -0.15) is 0 Å². The second-order valence-corrected chi connectivity index (χ2v) is 4.71. The van der Waals surface area contributed by atoms with Crippen LogP contribution in [0.15, 0.2) is 24.3 Å². The van der Waals surface area contributed by atoms with Crippen molar-refractivity contribution in [1.29, 1.82) is 0 Å². The lowest BCUT2D eigenvalue weighted by atomic mass is 10.2. The van der Waals surface area contributed by atoms with E-state index in [2.05, 4.69) is 15.2 Å². The molecule has 0 radical (unpaired) electrons. The predicted octanol–water partition coefficient (Wildman–Crippen LogP) is 1.99. The second-order valence-electron chi connectivity index (χ2n) is 4.71. The summed E-state index contributed by atoms with van der Waals surface area (Å²) in [5.41, 5.74) is 3.38. The molecule has 0 aliphatic carbocycles. The molecule has 6 nitrogen and oxygen atoms in total. The van der Waals surface area contributed by atoms with E-state index in [0.29, 0.717) is 12.8 Å². The lowest BCUT2D eigenvalue weighted by Crippen LogP contribution is -2.02. The van der Waals surface area contributed by atoms with Gasteiger partial charge in [0.05, 0.1) is 16.7 Å². The van der Waals surface area contributed by atoms with Gasteiger partial charge in [0.15, 0.2) is 5.65 Å². The predicted molar refractivity (Wildman–Crippen MR) is 73.6 cm³/mol. The van der Waals surface area contributed by atoms with Crippen LogP contribution in [-0.2, 0) is 11.2 Å². The zero-order valence-electron chi connectivity index (χ0n) is 11.1. The number of fused-ring (bicyclic) bond motifs is 3. The first-order chi connectivity index (χ1) is 9.66. The maximum atomic E-state index is 10.6. The van der Waals surface area contributed by atoms with Crippen molar-refractivity contribution in [3.8, 4) is 0 Å². The lowest BCUT2D eigenvalue weighted by molar-refractivity contribution is -0.137. The number of carbonyl (C=O) groups is 1. The number of aromatic nitrogens is 4. The Morgan fingerprint density at radius 1 is 1.30 bits per heavy atom. The van der Waals surface area contributed by atoms with E-state index >= 15 is 0 Å². The Morgan fingerprint density at radius 2 is 2.10 bits per heavy atom. The van der Waals surface area contributed by atoms with Crippen LogP contribution < -0.4 is 0 Å². The maximum Gasteiger partial charge on any atom is 0.303 e. The third-order valence-corrected chi connectivity index (χ3v) is 3.26. The van der Waals surface area contributed by atoms with Crippen molar-refractivity contribution >= 4 is 22.6 Å². The van der Waals surface area contributed by atoms with E-state index in [4.69, 9.17) is 5.11 Å². The Balaban J connectivity index is 2.11. The Hall–Kier alpha value is -2.50. The van der Waals surface area contributed by atoms with Crippen LogP contribution in [0.2, 0.25) is 0 Å². The summed E-state index contributed by atoms with van der Waals surface area (Å²) in [5.74, 6) is -0.00974. The highest BCUT2D eigenvalue weighted by molar-refractivity contribution is 5.78. The van der Waals surface area contributed by atoms with Crippen molar-refractivity contribution in [2.24, 2.45) is 0 Å². The minimum Gasteiger partial charge on any atom is -0.481 e. The fourth-order valence-electron chi connectivity index (χ4n) is 2.34. The van der Waals surface area contributed by atoms with Crippen molar-refractivity contribution in [3.63, 3.8) is 0 Å². The normalized spacial score (nSPS) is 11.2. The maximum absolute atomic E-state index is 10.6. The number of nitrogens with zero attached hydrogens (tertiary/aromatic N) is 4. The zero-order valence-corrected chi connectivity index (χ0v) is 11.1. The summed E-state index contributed by atoms with van der Waals surface area (Å²) in [5, 5.41) is 17.1. The minimum atomic E-state index is -0.790. The molecule has 6 heteroatoms. The Bertz CT molecular complexity index is 794. The van der Waals surface area contributed by atoms with Crippen molar-refractivity contribution in [2.75, 3.05) is 0 Å². The first-order valence-electron chi connectivity index (χ1n) is 6.48. The molecular weight excluding hydrogens is 256 g/mol. The van der Waals surface area contributed by atoms with Crippen molar-refractivity contribution < 1.29 is 9.90 Å². The highest BCUT2D eigenvalue weighted by atomic mass is 16.4. The number of rotatable bonds is 4. The van der Waals surface area contributed by atoms with E-state index < -0.39 is 5.97 Å². The first-order valence-corrected chi connectivity index (χ1v) is 6.48. The molecule has 0 fully saturated rings. The van der Waals surface area contributed by atoms with Crippen LogP contribution in [0.1, 0.15) is 24.4 Å². The molecule has 3 rings (SSSR count). The van der Waals surface area contributed by atoms with Gasteiger partial charge in [-0.05, 0) is 25.5 Å². The van der Waals surface area contributed by atoms with Gasteiger partial charge in [0, 0.05) is 12.8 Å². The van der Waals surface area contributed by atoms with Gasteiger partial charge >= 0.3 is 5.97 Å². The summed E-state index contributed by atoms with van der Waals surface area (Å²) in [6.07, 6.45) is 1.27. The molecule has 2 aromatic heterocycles. The van der Waals surface area contributed by atoms with Gasteiger partial charge in [0.25, 0.3) is 0 Å². The standard InChI is InChI=1S/C14H14N4O2/c1-9-14-17-16-12(7-4-8-13(19)20)18(14)11-6-3-2-5-10(11)15-9/h2-3,5-6H,4,7-8H2,1H3,(H,19,20). The van der Waals surface area contributed by atoms with Crippen LogP contribution >= 0.6 is 0 Å². The van der Waals surface area contributed by atoms with E-state index in [1.165, 1.54) is 0 Å². The van der Waals surface area contributed by atoms with E-state index in [-0.39, 0.29) is 6.42 Å². The molecule has 20 heavy (non-hydrogen) atoms. The quantitative estimate of drug-likeness (QED) is 0.784. The summed E-state index contributed by atoms with van der Waals surface area (Å²) < 4.78 is 1.97. The minimum absolute atomic E-state index is 0.136. The highest BCUT2D eigenvalue weighted by Crippen LogP contribution is 2.18. The molecule has 2 heterocycles. The third kappa shape index (κ3) is 2.09. The summed E-state index contributed by atoms with van der Waals surface area (Å²) in [7, 11) is 0. The number of hydrogen-bond acceptors (Lipinski definition) is 4. The topological polar surface area (TPSA) is 80.4 Å². The summed E-state index contributed by atoms with van der Waals surface area (Å²) in [6, 6.07) is 7.80. The molecule has 1 N–H and O–H groups in total. The molecule has 0 amide bonds. The van der Waals surface area contributed by atoms with Crippen molar-refractivity contribution in [3.05, 3.63) is 35.8 Å². The smallest absolute Gasteiger partial charge is 0.303 e. The van der Waals surface area contributed by atoms with Crippen LogP contribution in [0.3, 0.4) is 0 Å². The Labute approximate surface area is 115 Å². The molecule has 0 bridgehead atoms. The van der Waals surface area contributed by atoms with Crippen LogP contribution in [-0.4, -0.2) is 30.7 Å². The Kier molecular flexibility index (Phi) is 3.06. The van der Waals surface area contributed by atoms with Crippen LogP contribution in [0.25, 0.3) is 16.7 Å². The number of aliphatic carboxylic acids is 1. The van der Waals surface area contributed by atoms with E-state index in [0.717, 1.165) is 28.2 Å². The monoisotopic (exact) mass is 270 g/mol. The average molecular weight is 270 g/mol. The molecule has 102 valence electrons. The van der Waals surface area contributed by atoms with Gasteiger partial charge in [-0.1, -0.05) is 12.1 Å². The number of para-hydroxylation sites is 2. The molecule has 0 spiro atoms. The molecule has 3 aromatic rings. The third-order valence-electron chi connectivity index (χ3n) is 3.26. The van der Waals surface area contributed by atoms with Crippen LogP contribution in [0.4, 0.5) is 0 Å². The van der Waals surface area contributed by atoms with E-state index in [1.807, 2.05) is 35.6 Å². The number of carboxylic acids is 1. The van der Waals surface area contributed by atoms with Crippen molar-refractivity contribution in [2.45, 2.75) is 26.2 Å². The van der Waals surface area contributed by atoms with Gasteiger partial charge in [-0.15, -0.1) is 10.2 Å². The van der Waals surface area contributed by atoms with Gasteiger partial charge < -0.3 is 5.11 Å². The van der Waals surface area contributed by atoms with Gasteiger partial charge in [-0.3, -0.25) is 9.20 Å². The number of aryl methyl sites for hydroxylation is 2. The molecule has 0 saturated heterocycles. The Morgan fingerprint density at radius 3 is 2.90 bits per heavy atom. The molecular formula is C14H14N4O2. The second kappa shape index (κ2) is 4.88. The largest absolute Gasteiger partial charge is 0.481 e. The molecule has 0 unspecified atom stereocenters. The molecule has 0 atom stereocenters. The molecule has 0 aliphatic rings. The van der Waals surface area contributed by atoms with Crippen LogP contribution in [0, 0.1) is 6.92 Å². The summed E-state index contributed by atoms with van der Waals surface area (Å²) in [4.78, 5) is 15.1. The molecule has 0 saturated carbocycles. The number of hydrogen-bond donors (Lipinski definition) is 1. The highest BCUT2D eigenvalue weighted by Gasteiger charge is 2.12. The molecule has 1 aromatic carbocycles. The fourth-order valence-corrected chi connectivity index (χ4v) is 2.34. The SMILES string of the molecule is Cc1nc2ccccc2n2c(CCCC(=O)O)nnc12. The number of carboxylic acid groups (broad SMARTS) is 1. The van der Waals surface area contributed by atoms with Gasteiger partial charge in [-0.25, -0.2) is 4.98 Å². The number of benzene rings is 1. The zero-order chi connectivity index (χ0) is 14.1. The van der Waals surface area contributed by atoms with Gasteiger partial charge in [0.1, 0.15) is 5.82 Å². The van der Waals surface area contributed by atoms with E-state index in [9.17, 15) is 4.79 Å².